The molecule has 0 aliphatic rings. The van der Waals surface area contributed by atoms with E-state index in [1.54, 1.807) is 0 Å². The number of methoxy groups -OCH3 is 1. The first-order valence-corrected chi connectivity index (χ1v) is 5.30. The highest BCUT2D eigenvalue weighted by atomic mass is 16.5. The van der Waals surface area contributed by atoms with Crippen LogP contribution in [0.25, 0.3) is 0 Å². The number of nitrogens with one attached hydrogen (secondary N) is 2. The molecule has 0 saturated carbocycles. The lowest BCUT2D eigenvalue weighted by atomic mass is 10.2. The Balaban J connectivity index is 4.21. The molecular weight excluding hydrogens is 224 g/mol. The summed E-state index contributed by atoms with van der Waals surface area (Å²) in [6, 6.07) is -1.96. The molecule has 17 heavy (non-hydrogen) atoms. The van der Waals surface area contributed by atoms with Crippen LogP contribution in [0.15, 0.2) is 0 Å². The third-order valence-corrected chi connectivity index (χ3v) is 2.13. The number of carboxylic acids is 1. The number of carbonyl (C=O) groups excluding carboxylic acids is 1. The van der Waals surface area contributed by atoms with E-state index in [4.69, 9.17) is 16.3 Å². The highest BCUT2D eigenvalue weighted by molar-refractivity contribution is 5.82. The molecule has 2 amide bonds. The Morgan fingerprint density at radius 3 is 2.53 bits per heavy atom. The van der Waals surface area contributed by atoms with Gasteiger partial charge in [-0.2, -0.15) is 0 Å². The first kappa shape index (κ1) is 15.3. The van der Waals surface area contributed by atoms with Crippen molar-refractivity contribution in [3.05, 3.63) is 0 Å². The van der Waals surface area contributed by atoms with Crippen molar-refractivity contribution in [2.75, 3.05) is 13.7 Å². The van der Waals surface area contributed by atoms with Crippen LogP contribution in [0.1, 0.15) is 19.8 Å². The lowest BCUT2D eigenvalue weighted by Gasteiger charge is -2.16. The van der Waals surface area contributed by atoms with Gasteiger partial charge >= 0.3 is 12.0 Å². The molecule has 0 heterocycles. The van der Waals surface area contributed by atoms with E-state index in [0.29, 0.717) is 6.42 Å². The van der Waals surface area contributed by atoms with Crippen LogP contribution in [-0.2, 0) is 9.53 Å². The number of ether oxygens (including phenoxy) is 1. The van der Waals surface area contributed by atoms with E-state index in [1.807, 2.05) is 6.92 Å². The van der Waals surface area contributed by atoms with E-state index in [2.05, 4.69) is 16.6 Å². The summed E-state index contributed by atoms with van der Waals surface area (Å²) in [5, 5.41) is 13.7. The maximum atomic E-state index is 11.4. The lowest BCUT2D eigenvalue weighted by Crippen LogP contribution is -2.49. The molecule has 0 aromatic rings. The van der Waals surface area contributed by atoms with Gasteiger partial charge in [-0.3, -0.25) is 0 Å². The van der Waals surface area contributed by atoms with Crippen molar-refractivity contribution < 1.29 is 19.4 Å². The molecule has 0 radical (unpaired) electrons. The third kappa shape index (κ3) is 6.43. The molecule has 0 saturated heterocycles. The SMILES string of the molecule is C#CC(CC)NC(=O)NC(CCOC)C(=O)O. The molecule has 0 fully saturated rings. The predicted molar refractivity (Wildman–Crippen MR) is 62.5 cm³/mol. The van der Waals surface area contributed by atoms with Gasteiger partial charge in [0.1, 0.15) is 6.04 Å². The fourth-order valence-corrected chi connectivity index (χ4v) is 1.11. The fourth-order valence-electron chi connectivity index (χ4n) is 1.11. The number of hydrogen-bond acceptors (Lipinski definition) is 3. The molecule has 6 heteroatoms. The van der Waals surface area contributed by atoms with Gasteiger partial charge in [-0.1, -0.05) is 12.8 Å². The average Bonchev–Trinajstić information content (AvgIpc) is 2.30. The molecule has 3 N–H and O–H groups in total. The standard InChI is InChI=1S/C11H18N2O4/c1-4-8(5-2)12-11(16)13-9(10(14)15)6-7-17-3/h1,8-9H,5-7H2,2-3H3,(H,14,15)(H2,12,13,16). The largest absolute Gasteiger partial charge is 0.480 e. The zero-order valence-corrected chi connectivity index (χ0v) is 10.0. The van der Waals surface area contributed by atoms with Gasteiger partial charge in [-0.25, -0.2) is 9.59 Å². The van der Waals surface area contributed by atoms with Crippen molar-refractivity contribution in [1.29, 1.82) is 0 Å². The Morgan fingerprint density at radius 2 is 2.12 bits per heavy atom. The minimum absolute atomic E-state index is 0.200. The van der Waals surface area contributed by atoms with E-state index in [9.17, 15) is 9.59 Å². The van der Waals surface area contributed by atoms with E-state index in [1.165, 1.54) is 7.11 Å². The number of carboxylic acid groups (broad SMARTS) is 1. The lowest BCUT2D eigenvalue weighted by molar-refractivity contribution is -0.139. The van der Waals surface area contributed by atoms with Gasteiger partial charge in [-0.05, 0) is 6.42 Å². The molecule has 0 aromatic carbocycles. The Hall–Kier alpha value is -1.74. The first-order chi connectivity index (χ1) is 8.04. The topological polar surface area (TPSA) is 87.7 Å². The second-order valence-electron chi connectivity index (χ2n) is 3.42. The minimum atomic E-state index is -1.11. The van der Waals surface area contributed by atoms with Gasteiger partial charge in [0.25, 0.3) is 0 Å². The second kappa shape index (κ2) is 8.42. The van der Waals surface area contributed by atoms with Gasteiger partial charge in [0.15, 0.2) is 0 Å². The normalized spacial score (nSPS) is 13.2. The van der Waals surface area contributed by atoms with Crippen LogP contribution in [0.5, 0.6) is 0 Å². The van der Waals surface area contributed by atoms with Crippen LogP contribution in [0.2, 0.25) is 0 Å². The molecule has 0 rings (SSSR count). The highest BCUT2D eigenvalue weighted by Gasteiger charge is 2.20. The number of carbonyl (C=O) groups is 2. The van der Waals surface area contributed by atoms with E-state index in [-0.39, 0.29) is 13.0 Å². The summed E-state index contributed by atoms with van der Waals surface area (Å²) in [6.07, 6.45) is 5.96. The van der Waals surface area contributed by atoms with Crippen molar-refractivity contribution in [1.82, 2.24) is 10.6 Å². The zero-order valence-electron chi connectivity index (χ0n) is 10.0. The van der Waals surface area contributed by atoms with Crippen molar-refractivity contribution in [2.24, 2.45) is 0 Å². The molecule has 2 unspecified atom stereocenters. The maximum absolute atomic E-state index is 11.4. The van der Waals surface area contributed by atoms with Crippen LogP contribution < -0.4 is 10.6 Å². The number of terminal acetylenes is 1. The summed E-state index contributed by atoms with van der Waals surface area (Å²) < 4.78 is 4.76. The zero-order chi connectivity index (χ0) is 13.3. The van der Waals surface area contributed by atoms with Gasteiger partial charge in [-0.15, -0.1) is 6.42 Å². The van der Waals surface area contributed by atoms with Crippen LogP contribution in [0.3, 0.4) is 0 Å². The summed E-state index contributed by atoms with van der Waals surface area (Å²) in [5.74, 6) is 1.28. The molecular formula is C11H18N2O4. The van der Waals surface area contributed by atoms with Crippen LogP contribution in [0.4, 0.5) is 4.79 Å². The summed E-state index contributed by atoms with van der Waals surface area (Å²) >= 11 is 0. The summed E-state index contributed by atoms with van der Waals surface area (Å²) in [5.41, 5.74) is 0. The summed E-state index contributed by atoms with van der Waals surface area (Å²) in [6.45, 7) is 2.08. The van der Waals surface area contributed by atoms with Crippen molar-refractivity contribution in [3.63, 3.8) is 0 Å². The van der Waals surface area contributed by atoms with E-state index >= 15 is 0 Å². The predicted octanol–water partition coefficient (Wildman–Crippen LogP) is 0.187. The average molecular weight is 242 g/mol. The molecule has 0 aliphatic carbocycles. The Labute approximate surface area is 101 Å². The van der Waals surface area contributed by atoms with Gasteiger partial charge < -0.3 is 20.5 Å². The molecule has 0 bridgehead atoms. The summed E-state index contributed by atoms with van der Waals surface area (Å²) in [4.78, 5) is 22.3. The number of hydrogen-bond donors (Lipinski definition) is 3. The molecule has 0 aromatic heterocycles. The minimum Gasteiger partial charge on any atom is -0.480 e. The Morgan fingerprint density at radius 1 is 1.47 bits per heavy atom. The van der Waals surface area contributed by atoms with Crippen molar-refractivity contribution >= 4 is 12.0 Å². The number of urea groups is 1. The second-order valence-corrected chi connectivity index (χ2v) is 3.42. The fraction of sp³-hybridized carbons (Fsp3) is 0.636. The molecule has 6 nitrogen and oxygen atoms in total. The highest BCUT2D eigenvalue weighted by Crippen LogP contribution is 1.94. The van der Waals surface area contributed by atoms with Crippen molar-refractivity contribution in [2.45, 2.75) is 31.8 Å². The number of amides is 2. The van der Waals surface area contributed by atoms with Gasteiger partial charge in [0.05, 0.1) is 6.04 Å². The Bertz CT molecular complexity index is 298. The molecule has 0 aliphatic heterocycles. The first-order valence-electron chi connectivity index (χ1n) is 5.30. The molecule has 96 valence electrons. The van der Waals surface area contributed by atoms with Crippen molar-refractivity contribution in [3.8, 4) is 12.3 Å². The van der Waals surface area contributed by atoms with Crippen LogP contribution in [-0.4, -0.2) is 42.9 Å². The van der Waals surface area contributed by atoms with E-state index in [0.717, 1.165) is 0 Å². The maximum Gasteiger partial charge on any atom is 0.326 e. The molecule has 0 spiro atoms. The third-order valence-electron chi connectivity index (χ3n) is 2.13. The summed E-state index contributed by atoms with van der Waals surface area (Å²) in [7, 11) is 1.46. The van der Waals surface area contributed by atoms with E-state index < -0.39 is 24.1 Å². The Kier molecular flexibility index (Phi) is 7.55. The number of aliphatic carboxylic acids is 1. The number of rotatable bonds is 7. The van der Waals surface area contributed by atoms with Crippen LogP contribution in [0, 0.1) is 12.3 Å². The van der Waals surface area contributed by atoms with Crippen LogP contribution >= 0.6 is 0 Å². The molecule has 2 atom stereocenters. The van der Waals surface area contributed by atoms with Gasteiger partial charge in [0, 0.05) is 20.1 Å². The van der Waals surface area contributed by atoms with Gasteiger partial charge in [0.2, 0.25) is 0 Å². The smallest absolute Gasteiger partial charge is 0.326 e. The quantitative estimate of drug-likeness (QED) is 0.556. The monoisotopic (exact) mass is 242 g/mol.